The zero-order chi connectivity index (χ0) is 59.0. The van der Waals surface area contributed by atoms with Gasteiger partial charge in [-0.2, -0.15) is 21.4 Å². The van der Waals surface area contributed by atoms with Crippen LogP contribution < -0.4 is 23.8 Å². The van der Waals surface area contributed by atoms with Crippen molar-refractivity contribution >= 4 is 109 Å². The molecule has 6 rings (SSSR count). The van der Waals surface area contributed by atoms with Gasteiger partial charge in [0.25, 0.3) is 20.2 Å². The molecule has 436 valence electrons. The van der Waals surface area contributed by atoms with Gasteiger partial charge in [0.1, 0.15) is 6.54 Å². The van der Waals surface area contributed by atoms with Gasteiger partial charge >= 0.3 is 0 Å². The molecule has 0 bridgehead atoms. The molecule has 0 aliphatic carbocycles. The van der Waals surface area contributed by atoms with Gasteiger partial charge in [0, 0.05) is 90.2 Å². The molecule has 2 aliphatic rings. The maximum absolute atomic E-state index is 13.9. The minimum absolute atomic E-state index is 0.0194. The summed E-state index contributed by atoms with van der Waals surface area (Å²) in [6.45, 7) is 11.5. The third kappa shape index (κ3) is 14.4. The molecule has 79 heavy (non-hydrogen) atoms. The maximum Gasteiger partial charge on any atom is 0.266 e. The minimum Gasteiger partial charge on any atom is -0.748 e. The predicted molar refractivity (Wildman–Crippen MR) is 301 cm³/mol. The van der Waals surface area contributed by atoms with E-state index in [4.69, 9.17) is 0 Å². The Balaban J connectivity index is 1.50. The van der Waals surface area contributed by atoms with Crippen molar-refractivity contribution < 1.29 is 77.2 Å². The van der Waals surface area contributed by atoms with E-state index in [9.17, 15) is 72.6 Å². The first kappa shape index (κ1) is 63.6. The summed E-state index contributed by atoms with van der Waals surface area (Å²) in [5.41, 5.74) is 1.42. The first-order valence-electron chi connectivity index (χ1n) is 25.0. The Morgan fingerprint density at radius 3 is 1.61 bits per heavy atom. The summed E-state index contributed by atoms with van der Waals surface area (Å²) < 4.78 is 221. The standard InChI is InChI=1S/C49H66N6O17S7/c1-8-11-15-25-54-40-21-19-36-39(31-35(33-42(36)78(69,70)51-10-3)77(67,68)52-23-28-74(59,60)61)46(40)48(4,5)44(54)17-13-12-14-18-45-49(6,7)47-38-30-34(76(65,66)50-9-2)32-43(79(71,72)53-24-29-75(62,63)64)37(38)20-22-41(47)55(45)26-16-27-73(56,57)58/h12-14,17-22,30-33,50-53H,8-11,15-16,23-29H2,1-7H3,(H2-,56,57,58,59,60,61,62,63,64). The molecule has 4 aromatic rings. The smallest absolute Gasteiger partial charge is 0.266 e. The zero-order valence-electron chi connectivity index (χ0n) is 44.5. The van der Waals surface area contributed by atoms with E-state index in [1.807, 2.05) is 26.8 Å². The van der Waals surface area contributed by atoms with E-state index < -0.39 is 126 Å². The SMILES string of the molecule is CCCCCN1/C(=C/C=C/C=C/C2=[N+](CCCS(=O)(=O)[O-])c3ccc4c(S(=O)(=O)NCCS(=O)(=O)O)cc(S(=O)(=O)NCC)cc4c3C2(C)C)C(C)(C)c2c1ccc1c(S(=O)(=O)NCC)cc(S(=O)(=O)NCCS(=O)(=O)O)cc21. The Bertz CT molecular complexity index is 4030. The Morgan fingerprint density at radius 2 is 1.08 bits per heavy atom. The second-order valence-corrected chi connectivity index (χ2v) is 31.6. The molecule has 2 heterocycles. The van der Waals surface area contributed by atoms with Crippen LogP contribution in [0, 0.1) is 0 Å². The number of anilines is 1. The number of sulfonamides is 4. The molecule has 6 N–H and O–H groups in total. The Kier molecular flexibility index (Phi) is 19.1. The fourth-order valence-electron chi connectivity index (χ4n) is 10.1. The van der Waals surface area contributed by atoms with E-state index >= 15 is 0 Å². The highest BCUT2D eigenvalue weighted by Gasteiger charge is 2.47. The van der Waals surface area contributed by atoms with Gasteiger partial charge in [0.05, 0.1) is 46.6 Å². The van der Waals surface area contributed by atoms with Crippen molar-refractivity contribution in [3.8, 4) is 0 Å². The number of nitrogens with one attached hydrogen (secondary N) is 4. The number of unbranched alkanes of at least 4 members (excludes halogenated alkanes) is 2. The lowest BCUT2D eigenvalue weighted by atomic mass is 9.79. The van der Waals surface area contributed by atoms with E-state index in [1.165, 1.54) is 25.1 Å². The zero-order valence-corrected chi connectivity index (χ0v) is 50.2. The minimum atomic E-state index is -4.67. The van der Waals surface area contributed by atoms with Gasteiger partial charge in [-0.05, 0) is 79.1 Å². The van der Waals surface area contributed by atoms with Crippen molar-refractivity contribution in [3.63, 3.8) is 0 Å². The number of fused-ring (bicyclic) bond motifs is 6. The Morgan fingerprint density at radius 1 is 0.570 bits per heavy atom. The molecule has 0 fully saturated rings. The first-order chi connectivity index (χ1) is 36.4. The van der Waals surface area contributed by atoms with Crippen LogP contribution in [0.5, 0.6) is 0 Å². The molecule has 2 aliphatic heterocycles. The molecule has 0 aromatic heterocycles. The number of hydrogen-bond donors (Lipinski definition) is 6. The van der Waals surface area contributed by atoms with Crippen LogP contribution in [-0.2, 0) is 81.3 Å². The lowest BCUT2D eigenvalue weighted by Crippen LogP contribution is -2.30. The maximum atomic E-state index is 13.9. The third-order valence-corrected chi connectivity index (χ3v) is 21.7. The van der Waals surface area contributed by atoms with E-state index in [0.717, 1.165) is 37.1 Å². The van der Waals surface area contributed by atoms with Crippen molar-refractivity contribution in [1.29, 1.82) is 0 Å². The van der Waals surface area contributed by atoms with Gasteiger partial charge < -0.3 is 9.45 Å². The highest BCUT2D eigenvalue weighted by atomic mass is 32.2. The number of hydrogen-bond acceptors (Lipinski definition) is 16. The van der Waals surface area contributed by atoms with Crippen molar-refractivity contribution in [2.24, 2.45) is 0 Å². The van der Waals surface area contributed by atoms with Gasteiger partial charge in [-0.1, -0.05) is 71.8 Å². The second kappa shape index (κ2) is 23.7. The lowest BCUT2D eigenvalue weighted by Gasteiger charge is -2.27. The summed E-state index contributed by atoms with van der Waals surface area (Å²) in [6, 6.07) is 11.0. The number of rotatable bonds is 27. The molecular formula is C49H66N6O17S7. The summed E-state index contributed by atoms with van der Waals surface area (Å²) in [7, 11) is -31.7. The summed E-state index contributed by atoms with van der Waals surface area (Å²) in [5.74, 6) is -2.63. The van der Waals surface area contributed by atoms with E-state index in [-0.39, 0.29) is 47.1 Å². The van der Waals surface area contributed by atoms with Crippen molar-refractivity contribution in [1.82, 2.24) is 18.9 Å². The van der Waals surface area contributed by atoms with Crippen molar-refractivity contribution in [2.45, 2.75) is 105 Å². The number of nitrogens with zero attached hydrogens (tertiary/aromatic N) is 2. The van der Waals surface area contributed by atoms with Gasteiger partial charge in [-0.25, -0.2) is 61.0 Å². The van der Waals surface area contributed by atoms with Crippen molar-refractivity contribution in [2.75, 3.05) is 61.4 Å². The van der Waals surface area contributed by atoms with E-state index in [0.29, 0.717) is 40.1 Å². The average molecular weight is 1240 g/mol. The molecule has 0 unspecified atom stereocenters. The number of allylic oxidation sites excluding steroid dienone is 6. The van der Waals surface area contributed by atoms with Gasteiger partial charge in [-0.15, -0.1) is 0 Å². The molecule has 0 saturated heterocycles. The topological polar surface area (TPSA) is 357 Å². The molecule has 0 amide bonds. The molecule has 0 saturated carbocycles. The van der Waals surface area contributed by atoms with Crippen LogP contribution in [0.4, 0.5) is 11.4 Å². The van der Waals surface area contributed by atoms with E-state index in [2.05, 4.69) is 23.8 Å². The highest BCUT2D eigenvalue weighted by molar-refractivity contribution is 7.91. The summed E-state index contributed by atoms with van der Waals surface area (Å²) >= 11 is 0. The molecule has 0 radical (unpaired) electrons. The largest absolute Gasteiger partial charge is 0.748 e. The monoisotopic (exact) mass is 1230 g/mol. The Labute approximate surface area is 463 Å². The summed E-state index contributed by atoms with van der Waals surface area (Å²) in [5, 5.41) is 0.745. The lowest BCUT2D eigenvalue weighted by molar-refractivity contribution is -0.437. The van der Waals surface area contributed by atoms with Crippen LogP contribution in [0.15, 0.2) is 104 Å². The summed E-state index contributed by atoms with van der Waals surface area (Å²) in [4.78, 5) is 0.338. The van der Waals surface area contributed by atoms with Crippen LogP contribution in [0.1, 0.15) is 85.3 Å². The molecule has 0 spiro atoms. The van der Waals surface area contributed by atoms with Crippen LogP contribution in [0.25, 0.3) is 21.5 Å². The summed E-state index contributed by atoms with van der Waals surface area (Å²) in [6.07, 6.45) is 11.1. The predicted octanol–water partition coefficient (Wildman–Crippen LogP) is 4.22. The van der Waals surface area contributed by atoms with Crippen LogP contribution in [0.2, 0.25) is 0 Å². The van der Waals surface area contributed by atoms with Gasteiger partial charge in [-0.3, -0.25) is 9.11 Å². The normalized spacial score (nSPS) is 16.8. The molecule has 30 heteroatoms. The van der Waals surface area contributed by atoms with Gasteiger partial charge in [0.2, 0.25) is 45.8 Å². The molecular weight excluding hydrogens is 1170 g/mol. The van der Waals surface area contributed by atoms with E-state index in [1.54, 1.807) is 67.8 Å². The number of benzene rings is 4. The van der Waals surface area contributed by atoms with Crippen LogP contribution in [-0.4, -0.2) is 139 Å². The highest BCUT2D eigenvalue weighted by Crippen LogP contribution is 2.52. The second-order valence-electron chi connectivity index (χ2n) is 19.9. The molecule has 23 nitrogen and oxygen atoms in total. The fraction of sp³-hybridized carbons (Fsp3) is 0.449. The quantitative estimate of drug-likeness (QED) is 0.0211. The van der Waals surface area contributed by atoms with Crippen LogP contribution in [0.3, 0.4) is 0 Å². The van der Waals surface area contributed by atoms with Crippen molar-refractivity contribution in [3.05, 3.63) is 95.7 Å². The fourth-order valence-corrected chi connectivity index (χ4v) is 16.5. The Hall–Kier alpha value is -4.54. The van der Waals surface area contributed by atoms with Crippen LogP contribution >= 0.6 is 0 Å². The molecule has 0 atom stereocenters. The molecule has 4 aromatic carbocycles. The third-order valence-electron chi connectivity index (χ3n) is 13.5. The first-order valence-corrected chi connectivity index (χ1v) is 35.7. The van der Waals surface area contributed by atoms with Gasteiger partial charge in [0.15, 0.2) is 5.71 Å². The average Bonchev–Trinajstić information content (AvgIpc) is 3.95.